The van der Waals surface area contributed by atoms with Gasteiger partial charge in [0.2, 0.25) is 0 Å². The summed E-state index contributed by atoms with van der Waals surface area (Å²) in [4.78, 5) is 27.8. The number of aromatic nitrogens is 1. The highest BCUT2D eigenvalue weighted by molar-refractivity contribution is 7.16. The number of benzene rings is 2. The number of hydrogen-bond donors (Lipinski definition) is 0. The van der Waals surface area contributed by atoms with Crippen LogP contribution in [0.1, 0.15) is 35.7 Å². The Balaban J connectivity index is 2.18. The van der Waals surface area contributed by atoms with E-state index in [0.29, 0.717) is 10.7 Å². The van der Waals surface area contributed by atoms with Crippen LogP contribution in [0.3, 0.4) is 0 Å². The third kappa shape index (κ3) is 3.66. The van der Waals surface area contributed by atoms with E-state index in [1.165, 1.54) is 35.1 Å². The Labute approximate surface area is 160 Å². The lowest BCUT2D eigenvalue weighted by Gasteiger charge is -2.05. The second kappa shape index (κ2) is 7.56. The number of nitrogens with zero attached hydrogens (tertiary/aromatic N) is 3. The van der Waals surface area contributed by atoms with Crippen LogP contribution in [-0.2, 0) is 6.54 Å². The SMILES string of the molecule is C#CCn1c(=NC(=O)c2ccccc2[N+](=O)[O-])sc2cc(C(C)C)ccc21. The molecule has 0 aliphatic rings. The summed E-state index contributed by atoms with van der Waals surface area (Å²) in [7, 11) is 0. The number of rotatable bonds is 4. The summed E-state index contributed by atoms with van der Waals surface area (Å²) >= 11 is 1.34. The number of thiazole rings is 1. The van der Waals surface area contributed by atoms with E-state index in [2.05, 4.69) is 30.8 Å². The van der Waals surface area contributed by atoms with Crippen molar-refractivity contribution in [1.82, 2.24) is 4.57 Å². The van der Waals surface area contributed by atoms with Gasteiger partial charge in [-0.2, -0.15) is 4.99 Å². The van der Waals surface area contributed by atoms with Crippen molar-refractivity contribution in [3.05, 3.63) is 68.5 Å². The molecule has 0 spiro atoms. The van der Waals surface area contributed by atoms with Gasteiger partial charge in [-0.25, -0.2) is 0 Å². The number of nitro benzene ring substituents is 1. The minimum atomic E-state index is -0.663. The van der Waals surface area contributed by atoms with Crippen molar-refractivity contribution in [3.63, 3.8) is 0 Å². The van der Waals surface area contributed by atoms with Gasteiger partial charge >= 0.3 is 0 Å². The number of carbonyl (C=O) groups excluding carboxylic acids is 1. The molecular formula is C20H17N3O3S. The number of amides is 1. The van der Waals surface area contributed by atoms with Gasteiger partial charge in [0.25, 0.3) is 11.6 Å². The van der Waals surface area contributed by atoms with Crippen LogP contribution in [0, 0.1) is 22.5 Å². The summed E-state index contributed by atoms with van der Waals surface area (Å²) < 4.78 is 2.74. The van der Waals surface area contributed by atoms with E-state index in [4.69, 9.17) is 6.42 Å². The number of fused-ring (bicyclic) bond motifs is 1. The summed E-state index contributed by atoms with van der Waals surface area (Å²) in [5, 5.41) is 11.2. The van der Waals surface area contributed by atoms with Gasteiger partial charge in [-0.15, -0.1) is 6.42 Å². The van der Waals surface area contributed by atoms with Crippen molar-refractivity contribution >= 4 is 33.1 Å². The van der Waals surface area contributed by atoms with Crippen LogP contribution in [0.4, 0.5) is 5.69 Å². The zero-order valence-corrected chi connectivity index (χ0v) is 15.7. The van der Waals surface area contributed by atoms with Crippen molar-refractivity contribution in [2.45, 2.75) is 26.3 Å². The molecule has 0 radical (unpaired) electrons. The van der Waals surface area contributed by atoms with Gasteiger partial charge in [-0.05, 0) is 29.7 Å². The molecule has 3 rings (SSSR count). The summed E-state index contributed by atoms with van der Waals surface area (Å²) in [6.45, 7) is 4.46. The molecule has 3 aromatic rings. The predicted molar refractivity (Wildman–Crippen MR) is 106 cm³/mol. The molecule has 0 aliphatic heterocycles. The molecular weight excluding hydrogens is 362 g/mol. The van der Waals surface area contributed by atoms with Crippen LogP contribution in [-0.4, -0.2) is 15.4 Å². The first-order chi connectivity index (χ1) is 12.9. The smallest absolute Gasteiger partial charge is 0.286 e. The van der Waals surface area contributed by atoms with Gasteiger partial charge in [-0.1, -0.05) is 49.3 Å². The standard InChI is InChI=1S/C20H17N3O3S/c1-4-11-22-17-10-9-14(13(2)3)12-18(17)27-20(22)21-19(24)15-7-5-6-8-16(15)23(25)26/h1,5-10,12-13H,11H2,2-3H3. The van der Waals surface area contributed by atoms with Crippen molar-refractivity contribution in [1.29, 1.82) is 0 Å². The molecule has 1 amide bonds. The lowest BCUT2D eigenvalue weighted by molar-refractivity contribution is -0.385. The average Bonchev–Trinajstić information content (AvgIpc) is 2.98. The van der Waals surface area contributed by atoms with Crippen LogP contribution < -0.4 is 4.80 Å². The van der Waals surface area contributed by atoms with Crippen LogP contribution in [0.2, 0.25) is 0 Å². The molecule has 1 aromatic heterocycles. The van der Waals surface area contributed by atoms with Crippen LogP contribution >= 0.6 is 11.3 Å². The molecule has 0 saturated carbocycles. The monoisotopic (exact) mass is 379 g/mol. The van der Waals surface area contributed by atoms with E-state index in [1.807, 2.05) is 12.1 Å². The van der Waals surface area contributed by atoms with Gasteiger partial charge in [-0.3, -0.25) is 14.9 Å². The van der Waals surface area contributed by atoms with Crippen LogP contribution in [0.15, 0.2) is 47.5 Å². The third-order valence-electron chi connectivity index (χ3n) is 4.15. The average molecular weight is 379 g/mol. The van der Waals surface area contributed by atoms with E-state index in [0.717, 1.165) is 10.2 Å². The van der Waals surface area contributed by atoms with Crippen molar-refractivity contribution in [2.24, 2.45) is 4.99 Å². The minimum absolute atomic E-state index is 0.0462. The second-order valence-corrected chi connectivity index (χ2v) is 7.26. The molecule has 0 saturated heterocycles. The Hall–Kier alpha value is -3.24. The zero-order valence-electron chi connectivity index (χ0n) is 14.9. The number of para-hydroxylation sites is 1. The molecule has 6 nitrogen and oxygen atoms in total. The molecule has 1 heterocycles. The van der Waals surface area contributed by atoms with Gasteiger partial charge in [0.1, 0.15) is 5.56 Å². The normalized spacial score (nSPS) is 11.7. The number of hydrogen-bond acceptors (Lipinski definition) is 4. The molecule has 0 bridgehead atoms. The fraction of sp³-hybridized carbons (Fsp3) is 0.200. The summed E-state index contributed by atoms with van der Waals surface area (Å²) in [5.74, 6) is 2.28. The van der Waals surface area contributed by atoms with E-state index in [9.17, 15) is 14.9 Å². The highest BCUT2D eigenvalue weighted by Gasteiger charge is 2.19. The first-order valence-electron chi connectivity index (χ1n) is 8.31. The molecule has 0 atom stereocenters. The Bertz CT molecular complexity index is 1150. The molecule has 0 N–H and O–H groups in total. The first kappa shape index (κ1) is 18.5. The third-order valence-corrected chi connectivity index (χ3v) is 5.19. The maximum absolute atomic E-state index is 12.6. The topological polar surface area (TPSA) is 77.5 Å². The van der Waals surface area contributed by atoms with E-state index in [-0.39, 0.29) is 17.8 Å². The lowest BCUT2D eigenvalue weighted by Crippen LogP contribution is -2.16. The molecule has 27 heavy (non-hydrogen) atoms. The van der Waals surface area contributed by atoms with E-state index < -0.39 is 10.8 Å². The maximum atomic E-state index is 12.6. The summed E-state index contributed by atoms with van der Waals surface area (Å²) in [6.07, 6.45) is 5.48. The van der Waals surface area contributed by atoms with Crippen LogP contribution in [0.5, 0.6) is 0 Å². The minimum Gasteiger partial charge on any atom is -0.305 e. The Kier molecular flexibility index (Phi) is 5.19. The molecule has 0 unspecified atom stereocenters. The van der Waals surface area contributed by atoms with Gasteiger partial charge < -0.3 is 4.57 Å². The van der Waals surface area contributed by atoms with Gasteiger partial charge in [0.05, 0.1) is 21.7 Å². The lowest BCUT2D eigenvalue weighted by atomic mass is 10.0. The Morgan fingerprint density at radius 1 is 1.33 bits per heavy atom. The Morgan fingerprint density at radius 3 is 2.74 bits per heavy atom. The fourth-order valence-electron chi connectivity index (χ4n) is 2.74. The maximum Gasteiger partial charge on any atom is 0.286 e. The first-order valence-corrected chi connectivity index (χ1v) is 9.13. The van der Waals surface area contributed by atoms with Crippen molar-refractivity contribution in [2.75, 3.05) is 0 Å². The number of carbonyl (C=O) groups is 1. The molecule has 136 valence electrons. The fourth-order valence-corrected chi connectivity index (χ4v) is 3.82. The summed E-state index contributed by atoms with van der Waals surface area (Å²) in [6, 6.07) is 11.8. The second-order valence-electron chi connectivity index (χ2n) is 6.25. The molecule has 7 heteroatoms. The van der Waals surface area contributed by atoms with Crippen molar-refractivity contribution in [3.8, 4) is 12.3 Å². The van der Waals surface area contributed by atoms with Gasteiger partial charge in [0.15, 0.2) is 4.80 Å². The quantitative estimate of drug-likeness (QED) is 0.389. The largest absolute Gasteiger partial charge is 0.305 e. The zero-order chi connectivity index (χ0) is 19.6. The molecule has 2 aromatic carbocycles. The highest BCUT2D eigenvalue weighted by atomic mass is 32.1. The van der Waals surface area contributed by atoms with Crippen molar-refractivity contribution < 1.29 is 9.72 Å². The van der Waals surface area contributed by atoms with E-state index >= 15 is 0 Å². The van der Waals surface area contributed by atoms with E-state index in [1.54, 1.807) is 10.6 Å². The number of nitro groups is 1. The predicted octanol–water partition coefficient (Wildman–Crippen LogP) is 4.11. The number of terminal acetylenes is 1. The molecule has 0 aliphatic carbocycles. The van der Waals surface area contributed by atoms with Gasteiger partial charge in [0, 0.05) is 6.07 Å². The summed E-state index contributed by atoms with van der Waals surface area (Å²) in [5.41, 5.74) is 1.75. The molecule has 0 fully saturated rings. The highest BCUT2D eigenvalue weighted by Crippen LogP contribution is 2.24. The Morgan fingerprint density at radius 2 is 2.07 bits per heavy atom. The van der Waals surface area contributed by atoms with Crippen LogP contribution in [0.25, 0.3) is 10.2 Å².